The zero-order valence-electron chi connectivity index (χ0n) is 9.66. The summed E-state index contributed by atoms with van der Waals surface area (Å²) < 4.78 is 0. The molecular formula is C12H17NO2S. The van der Waals surface area contributed by atoms with E-state index in [-0.39, 0.29) is 0 Å². The van der Waals surface area contributed by atoms with E-state index in [1.165, 1.54) is 16.7 Å². The van der Waals surface area contributed by atoms with E-state index in [2.05, 4.69) is 37.8 Å². The molecule has 4 heteroatoms. The third kappa shape index (κ3) is 3.87. The highest BCUT2D eigenvalue weighted by Crippen LogP contribution is 2.17. The van der Waals surface area contributed by atoms with Crippen LogP contribution in [0.5, 0.6) is 0 Å². The number of hydrogen-bond donors (Lipinski definition) is 1. The standard InChI is InChI=1S/C12H17NO2S/c1-8-3-4-9(2)10(5-8)6-16-7-11(13)12(14)15/h3-5,11H,6-7,13H2,1-2H3,(H,14,15). The van der Waals surface area contributed by atoms with Crippen LogP contribution in [0.15, 0.2) is 18.2 Å². The Kier molecular flexibility index (Phi) is 4.83. The van der Waals surface area contributed by atoms with Crippen molar-refractivity contribution in [3.8, 4) is 0 Å². The van der Waals surface area contributed by atoms with Gasteiger partial charge in [-0.3, -0.25) is 0 Å². The molecule has 88 valence electrons. The van der Waals surface area contributed by atoms with E-state index < -0.39 is 12.0 Å². The van der Waals surface area contributed by atoms with Crippen molar-refractivity contribution in [2.75, 3.05) is 5.75 Å². The fraction of sp³-hybridized carbons (Fsp3) is 0.417. The number of benzene rings is 1. The summed E-state index contributed by atoms with van der Waals surface area (Å²) in [5.41, 5.74) is 7.26. The van der Waals surface area contributed by atoms with Crippen molar-refractivity contribution in [1.82, 2.24) is 0 Å². The maximum atomic E-state index is 10.5. The lowest BCUT2D eigenvalue weighted by molar-refractivity contribution is -0.431. The zero-order valence-corrected chi connectivity index (χ0v) is 10.5. The minimum atomic E-state index is -1.08. The molecule has 1 atom stereocenters. The summed E-state index contributed by atoms with van der Waals surface area (Å²) in [7, 11) is 0. The maximum absolute atomic E-state index is 10.5. The van der Waals surface area contributed by atoms with Crippen molar-refractivity contribution < 1.29 is 15.6 Å². The maximum Gasteiger partial charge on any atom is 0.134 e. The Bertz CT molecular complexity index is 379. The van der Waals surface area contributed by atoms with Gasteiger partial charge in [0.2, 0.25) is 0 Å². The van der Waals surface area contributed by atoms with Gasteiger partial charge in [-0.2, -0.15) is 11.8 Å². The predicted molar refractivity (Wildman–Crippen MR) is 63.8 cm³/mol. The Hall–Kier alpha value is -1.00. The topological polar surface area (TPSA) is 67.8 Å². The van der Waals surface area contributed by atoms with Crippen LogP contribution < -0.4 is 10.8 Å². The molecule has 0 spiro atoms. The smallest absolute Gasteiger partial charge is 0.134 e. The molecule has 0 saturated heterocycles. The van der Waals surface area contributed by atoms with Crippen LogP contribution >= 0.6 is 11.8 Å². The van der Waals surface area contributed by atoms with E-state index in [0.29, 0.717) is 5.75 Å². The van der Waals surface area contributed by atoms with Crippen molar-refractivity contribution in [3.63, 3.8) is 0 Å². The van der Waals surface area contributed by atoms with Gasteiger partial charge in [-0.25, -0.2) is 0 Å². The predicted octanol–water partition coefficient (Wildman–Crippen LogP) is -0.103. The molecule has 0 aliphatic heterocycles. The first-order valence-electron chi connectivity index (χ1n) is 5.18. The van der Waals surface area contributed by atoms with Gasteiger partial charge < -0.3 is 15.6 Å². The van der Waals surface area contributed by atoms with Gasteiger partial charge in [0.05, 0.1) is 11.7 Å². The molecule has 3 N–H and O–H groups in total. The van der Waals surface area contributed by atoms with Crippen LogP contribution in [0.1, 0.15) is 16.7 Å². The van der Waals surface area contributed by atoms with Crippen LogP contribution in [0.2, 0.25) is 0 Å². The van der Waals surface area contributed by atoms with Crippen LogP contribution in [0.3, 0.4) is 0 Å². The molecule has 0 aliphatic rings. The summed E-state index contributed by atoms with van der Waals surface area (Å²) in [5, 5.41) is 10.5. The molecule has 16 heavy (non-hydrogen) atoms. The Morgan fingerprint density at radius 1 is 1.50 bits per heavy atom. The Morgan fingerprint density at radius 2 is 2.19 bits per heavy atom. The van der Waals surface area contributed by atoms with E-state index in [4.69, 9.17) is 0 Å². The number of aryl methyl sites for hydroxylation is 2. The number of carbonyl (C=O) groups excluding carboxylic acids is 1. The number of aliphatic carboxylic acids is 1. The van der Waals surface area contributed by atoms with E-state index in [1.54, 1.807) is 11.8 Å². The van der Waals surface area contributed by atoms with Crippen LogP contribution in [0.25, 0.3) is 0 Å². The molecule has 1 rings (SSSR count). The van der Waals surface area contributed by atoms with Gasteiger partial charge >= 0.3 is 0 Å². The monoisotopic (exact) mass is 239 g/mol. The highest BCUT2D eigenvalue weighted by Gasteiger charge is 2.07. The fourth-order valence-electron chi connectivity index (χ4n) is 1.33. The Labute approximate surface area is 100 Å². The summed E-state index contributed by atoms with van der Waals surface area (Å²) in [6, 6.07) is 5.68. The van der Waals surface area contributed by atoms with Crippen LogP contribution in [-0.2, 0) is 10.5 Å². The first-order valence-corrected chi connectivity index (χ1v) is 6.34. The lowest BCUT2D eigenvalue weighted by Gasteiger charge is -2.10. The summed E-state index contributed by atoms with van der Waals surface area (Å²) >= 11 is 1.58. The first kappa shape index (κ1) is 13.1. The van der Waals surface area contributed by atoms with Gasteiger partial charge in [-0.15, -0.1) is 0 Å². The molecule has 0 amide bonds. The molecule has 0 saturated carbocycles. The van der Waals surface area contributed by atoms with Crippen molar-refractivity contribution in [3.05, 3.63) is 34.9 Å². The number of carboxylic acids is 1. The van der Waals surface area contributed by atoms with E-state index >= 15 is 0 Å². The summed E-state index contributed by atoms with van der Waals surface area (Å²) in [6.45, 7) is 4.12. The number of carbonyl (C=O) groups is 1. The Balaban J connectivity index is 2.48. The largest absolute Gasteiger partial charge is 0.544 e. The van der Waals surface area contributed by atoms with E-state index in [0.717, 1.165) is 5.75 Å². The van der Waals surface area contributed by atoms with Crippen LogP contribution in [0.4, 0.5) is 0 Å². The number of hydrogen-bond acceptors (Lipinski definition) is 3. The molecule has 0 aliphatic carbocycles. The van der Waals surface area contributed by atoms with Gasteiger partial charge in [-0.1, -0.05) is 23.8 Å². The van der Waals surface area contributed by atoms with Gasteiger partial charge in [0, 0.05) is 5.75 Å². The molecule has 0 fully saturated rings. The quantitative estimate of drug-likeness (QED) is 0.780. The highest BCUT2D eigenvalue weighted by molar-refractivity contribution is 7.98. The zero-order chi connectivity index (χ0) is 12.1. The molecule has 0 heterocycles. The molecule has 3 nitrogen and oxygen atoms in total. The summed E-state index contributed by atoms with van der Waals surface area (Å²) in [5.74, 6) is 0.246. The van der Waals surface area contributed by atoms with Gasteiger partial charge in [0.15, 0.2) is 0 Å². The lowest BCUT2D eigenvalue weighted by Crippen LogP contribution is -2.69. The minimum absolute atomic E-state index is 0.496. The number of rotatable bonds is 5. The third-order valence-electron chi connectivity index (χ3n) is 2.41. The van der Waals surface area contributed by atoms with Gasteiger partial charge in [0.25, 0.3) is 0 Å². The number of carboxylic acid groups (broad SMARTS) is 1. The molecule has 0 bridgehead atoms. The molecule has 1 unspecified atom stereocenters. The average molecular weight is 239 g/mol. The number of quaternary nitrogens is 1. The second-order valence-corrected chi connectivity index (χ2v) is 4.99. The number of thioether (sulfide) groups is 1. The molecule has 0 aromatic heterocycles. The van der Waals surface area contributed by atoms with Gasteiger partial charge in [0.1, 0.15) is 6.04 Å². The van der Waals surface area contributed by atoms with E-state index in [9.17, 15) is 9.90 Å². The molecule has 0 radical (unpaired) electrons. The van der Waals surface area contributed by atoms with Gasteiger partial charge in [-0.05, 0) is 25.0 Å². The third-order valence-corrected chi connectivity index (χ3v) is 3.57. The van der Waals surface area contributed by atoms with Crippen molar-refractivity contribution in [1.29, 1.82) is 0 Å². The van der Waals surface area contributed by atoms with E-state index in [1.807, 2.05) is 0 Å². The van der Waals surface area contributed by atoms with Crippen LogP contribution in [0, 0.1) is 13.8 Å². The normalized spacial score (nSPS) is 12.4. The van der Waals surface area contributed by atoms with Crippen molar-refractivity contribution in [2.24, 2.45) is 0 Å². The summed E-state index contributed by atoms with van der Waals surface area (Å²) in [4.78, 5) is 10.5. The second kappa shape index (κ2) is 5.92. The minimum Gasteiger partial charge on any atom is -0.544 e. The molecule has 1 aromatic rings. The van der Waals surface area contributed by atoms with Crippen molar-refractivity contribution in [2.45, 2.75) is 25.6 Å². The fourth-order valence-corrected chi connectivity index (χ4v) is 2.40. The average Bonchev–Trinajstić information content (AvgIpc) is 2.22. The molecule has 1 aromatic carbocycles. The SMILES string of the molecule is Cc1ccc(C)c(CSCC([NH3+])C(=O)[O-])c1. The first-order chi connectivity index (χ1) is 7.50. The lowest BCUT2D eigenvalue weighted by atomic mass is 10.1. The van der Waals surface area contributed by atoms with Crippen LogP contribution in [-0.4, -0.2) is 17.8 Å². The molecular weight excluding hydrogens is 222 g/mol. The van der Waals surface area contributed by atoms with Crippen molar-refractivity contribution >= 4 is 17.7 Å². The second-order valence-electron chi connectivity index (χ2n) is 3.96. The summed E-state index contributed by atoms with van der Waals surface area (Å²) in [6.07, 6.45) is 0. The highest BCUT2D eigenvalue weighted by atomic mass is 32.2. The Morgan fingerprint density at radius 3 is 2.81 bits per heavy atom.